The molecule has 1 saturated heterocycles. The Bertz CT molecular complexity index is 1070. The second kappa shape index (κ2) is 16.2. The molecule has 2 aromatic carbocycles. The Kier molecular flexibility index (Phi) is 13.0. The summed E-state index contributed by atoms with van der Waals surface area (Å²) in [6.07, 6.45) is 4.56. The molecule has 1 amide bonds. The maximum atomic E-state index is 12.7. The Labute approximate surface area is 231 Å². The Morgan fingerprint density at radius 3 is 2.00 bits per heavy atom. The van der Waals surface area contributed by atoms with Gasteiger partial charge in [-0.2, -0.15) is 0 Å². The predicted molar refractivity (Wildman–Crippen MR) is 153 cm³/mol. The molecular weight excluding hydrogens is 498 g/mol. The minimum absolute atomic E-state index is 0.0948. The maximum absolute atomic E-state index is 12.7. The SMILES string of the molecule is CCCN1CCC(N(c2ccc(C(=O)N(CC)CC)cc2)c2cccc(OC)c2)CC1.O=C(O)/C=C/C(=O)O. The smallest absolute Gasteiger partial charge is 0.328 e. The molecule has 0 bridgehead atoms. The lowest BCUT2D eigenvalue weighted by atomic mass is 10.0. The van der Waals surface area contributed by atoms with Gasteiger partial charge in [0.2, 0.25) is 0 Å². The maximum Gasteiger partial charge on any atom is 0.328 e. The van der Waals surface area contributed by atoms with Crippen molar-refractivity contribution in [2.75, 3.05) is 44.7 Å². The number of carbonyl (C=O) groups is 3. The van der Waals surface area contributed by atoms with E-state index in [0.717, 1.165) is 61.7 Å². The van der Waals surface area contributed by atoms with Crippen LogP contribution in [0.2, 0.25) is 0 Å². The molecule has 0 saturated carbocycles. The number of benzene rings is 2. The highest BCUT2D eigenvalue weighted by Crippen LogP contribution is 2.34. The molecule has 0 aliphatic carbocycles. The fourth-order valence-corrected chi connectivity index (χ4v) is 4.65. The standard InChI is InChI=1S/C26H37N3O2.C4H4O4/c1-5-17-27-18-15-23(16-19-27)29(24-9-8-10-25(20-24)31-4)22-13-11-21(12-14-22)26(30)28(6-2)7-3;5-3(6)1-2-4(7)8/h8-14,20,23H,5-7,15-19H2,1-4H3;1-2H,(H,5,6)(H,7,8)/b;2-1+. The lowest BCUT2D eigenvalue weighted by Gasteiger charge is -2.40. The third-order valence-electron chi connectivity index (χ3n) is 6.61. The third-order valence-corrected chi connectivity index (χ3v) is 6.61. The van der Waals surface area contributed by atoms with E-state index >= 15 is 0 Å². The summed E-state index contributed by atoms with van der Waals surface area (Å²) >= 11 is 0. The zero-order chi connectivity index (χ0) is 28.8. The Morgan fingerprint density at radius 1 is 0.923 bits per heavy atom. The van der Waals surface area contributed by atoms with E-state index in [2.05, 4.69) is 41.0 Å². The molecule has 0 atom stereocenters. The largest absolute Gasteiger partial charge is 0.497 e. The van der Waals surface area contributed by atoms with Crippen LogP contribution in [0.25, 0.3) is 0 Å². The van der Waals surface area contributed by atoms with Crippen LogP contribution < -0.4 is 9.64 Å². The van der Waals surface area contributed by atoms with Gasteiger partial charge >= 0.3 is 11.9 Å². The number of carboxylic acid groups (broad SMARTS) is 2. The van der Waals surface area contributed by atoms with Gasteiger partial charge in [-0.05, 0) is 76.1 Å². The summed E-state index contributed by atoms with van der Waals surface area (Å²) in [4.78, 5) is 38.7. The summed E-state index contributed by atoms with van der Waals surface area (Å²) in [5.74, 6) is -1.56. The summed E-state index contributed by atoms with van der Waals surface area (Å²) in [6.45, 7) is 11.2. The number of hydrogen-bond donors (Lipinski definition) is 2. The molecule has 0 aromatic heterocycles. The first-order valence-electron chi connectivity index (χ1n) is 13.4. The van der Waals surface area contributed by atoms with Crippen molar-refractivity contribution in [1.29, 1.82) is 0 Å². The highest BCUT2D eigenvalue weighted by molar-refractivity contribution is 5.94. The molecule has 1 fully saturated rings. The van der Waals surface area contributed by atoms with E-state index in [9.17, 15) is 14.4 Å². The number of aliphatic carboxylic acids is 2. The molecule has 1 heterocycles. The molecule has 0 unspecified atom stereocenters. The summed E-state index contributed by atoms with van der Waals surface area (Å²) < 4.78 is 5.49. The van der Waals surface area contributed by atoms with Crippen LogP contribution in [0.3, 0.4) is 0 Å². The van der Waals surface area contributed by atoms with E-state index in [4.69, 9.17) is 14.9 Å². The molecule has 0 spiro atoms. The van der Waals surface area contributed by atoms with E-state index in [-0.39, 0.29) is 5.91 Å². The van der Waals surface area contributed by atoms with E-state index in [1.165, 1.54) is 13.0 Å². The van der Waals surface area contributed by atoms with Crippen molar-refractivity contribution in [3.8, 4) is 5.75 Å². The summed E-state index contributed by atoms with van der Waals surface area (Å²) in [6, 6.07) is 16.8. The summed E-state index contributed by atoms with van der Waals surface area (Å²) in [5, 5.41) is 15.6. The molecule has 1 aliphatic rings. The van der Waals surface area contributed by atoms with Gasteiger partial charge in [0.15, 0.2) is 0 Å². The van der Waals surface area contributed by atoms with E-state index in [1.807, 2.05) is 43.0 Å². The van der Waals surface area contributed by atoms with Crippen molar-refractivity contribution >= 4 is 29.2 Å². The van der Waals surface area contributed by atoms with Crippen LogP contribution in [0.5, 0.6) is 5.75 Å². The first-order valence-corrected chi connectivity index (χ1v) is 13.4. The molecule has 212 valence electrons. The highest BCUT2D eigenvalue weighted by atomic mass is 16.5. The normalized spacial score (nSPS) is 13.8. The average molecular weight is 540 g/mol. The Morgan fingerprint density at radius 2 is 1.51 bits per heavy atom. The van der Waals surface area contributed by atoms with Crippen LogP contribution in [-0.2, 0) is 9.59 Å². The van der Waals surface area contributed by atoms with Crippen LogP contribution in [0, 0.1) is 0 Å². The third kappa shape index (κ3) is 9.76. The highest BCUT2D eigenvalue weighted by Gasteiger charge is 2.26. The number of carboxylic acids is 2. The zero-order valence-electron chi connectivity index (χ0n) is 23.4. The van der Waals surface area contributed by atoms with Crippen molar-refractivity contribution in [3.05, 3.63) is 66.2 Å². The quantitative estimate of drug-likeness (QED) is 0.388. The number of piperidine rings is 1. The number of carbonyl (C=O) groups excluding carboxylic acids is 1. The molecule has 0 radical (unpaired) electrons. The number of anilines is 2. The average Bonchev–Trinajstić information content (AvgIpc) is 2.94. The number of methoxy groups -OCH3 is 1. The van der Waals surface area contributed by atoms with Crippen LogP contribution >= 0.6 is 0 Å². The number of likely N-dealkylation sites (tertiary alicyclic amines) is 1. The number of amides is 1. The minimum atomic E-state index is -1.26. The van der Waals surface area contributed by atoms with Gasteiger partial charge in [0.05, 0.1) is 7.11 Å². The number of nitrogens with zero attached hydrogens (tertiary/aromatic N) is 3. The number of rotatable bonds is 11. The van der Waals surface area contributed by atoms with Gasteiger partial charge in [0.1, 0.15) is 5.75 Å². The molecule has 9 heteroatoms. The number of hydrogen-bond acceptors (Lipinski definition) is 6. The van der Waals surface area contributed by atoms with Crippen molar-refractivity contribution in [2.24, 2.45) is 0 Å². The summed E-state index contributed by atoms with van der Waals surface area (Å²) in [5.41, 5.74) is 3.00. The van der Waals surface area contributed by atoms with E-state index in [0.29, 0.717) is 18.2 Å². The Hall–Kier alpha value is -3.85. The van der Waals surface area contributed by atoms with E-state index < -0.39 is 11.9 Å². The first-order chi connectivity index (χ1) is 18.7. The topological polar surface area (TPSA) is 111 Å². The second-order valence-electron chi connectivity index (χ2n) is 9.18. The molecule has 1 aliphatic heterocycles. The summed E-state index contributed by atoms with van der Waals surface area (Å²) in [7, 11) is 1.71. The monoisotopic (exact) mass is 539 g/mol. The first kappa shape index (κ1) is 31.4. The lowest BCUT2D eigenvalue weighted by Crippen LogP contribution is -2.43. The van der Waals surface area contributed by atoms with Crippen molar-refractivity contribution in [2.45, 2.75) is 46.1 Å². The van der Waals surface area contributed by atoms with Gasteiger partial charge in [-0.25, -0.2) is 9.59 Å². The lowest BCUT2D eigenvalue weighted by molar-refractivity contribution is -0.134. The van der Waals surface area contributed by atoms with Crippen molar-refractivity contribution < 1.29 is 29.3 Å². The van der Waals surface area contributed by atoms with E-state index in [1.54, 1.807) is 7.11 Å². The molecular formula is C30H41N3O6. The fourth-order valence-electron chi connectivity index (χ4n) is 4.65. The van der Waals surface area contributed by atoms with Crippen molar-refractivity contribution in [1.82, 2.24) is 9.80 Å². The van der Waals surface area contributed by atoms with Crippen LogP contribution in [-0.4, -0.2) is 83.7 Å². The fraction of sp³-hybridized carbons (Fsp3) is 0.433. The molecule has 2 aromatic rings. The van der Waals surface area contributed by atoms with Gasteiger partial charge in [-0.1, -0.05) is 13.0 Å². The predicted octanol–water partition coefficient (Wildman–Crippen LogP) is 4.90. The van der Waals surface area contributed by atoms with Crippen LogP contribution in [0.4, 0.5) is 11.4 Å². The number of ether oxygens (including phenoxy) is 1. The second-order valence-corrected chi connectivity index (χ2v) is 9.18. The van der Waals surface area contributed by atoms with Crippen LogP contribution in [0.1, 0.15) is 50.4 Å². The van der Waals surface area contributed by atoms with Gasteiger partial charge in [0.25, 0.3) is 5.91 Å². The zero-order valence-corrected chi connectivity index (χ0v) is 23.4. The molecule has 9 nitrogen and oxygen atoms in total. The minimum Gasteiger partial charge on any atom is -0.497 e. The van der Waals surface area contributed by atoms with Gasteiger partial charge in [0, 0.05) is 67.4 Å². The Balaban J connectivity index is 0.000000580. The van der Waals surface area contributed by atoms with Gasteiger partial charge in [-0.3, -0.25) is 4.79 Å². The van der Waals surface area contributed by atoms with Gasteiger partial charge in [-0.15, -0.1) is 0 Å². The van der Waals surface area contributed by atoms with Crippen molar-refractivity contribution in [3.63, 3.8) is 0 Å². The van der Waals surface area contributed by atoms with Crippen LogP contribution in [0.15, 0.2) is 60.7 Å². The molecule has 3 rings (SSSR count). The molecule has 39 heavy (non-hydrogen) atoms. The molecule has 2 N–H and O–H groups in total. The van der Waals surface area contributed by atoms with Gasteiger partial charge < -0.3 is 29.6 Å².